The molecule has 1 unspecified atom stereocenters. The predicted octanol–water partition coefficient (Wildman–Crippen LogP) is 2.48. The minimum Gasteiger partial charge on any atom is -0.422 e. The Labute approximate surface area is 208 Å². The largest absolute Gasteiger partial charge is 0.422 e. The number of aryl methyl sites for hydroxylation is 1. The molecule has 2 fully saturated rings. The second kappa shape index (κ2) is 9.25. The summed E-state index contributed by atoms with van der Waals surface area (Å²) >= 11 is 0. The van der Waals surface area contributed by atoms with E-state index in [9.17, 15) is 14.4 Å². The second-order valence-electron chi connectivity index (χ2n) is 9.29. The van der Waals surface area contributed by atoms with Crippen molar-refractivity contribution in [3.8, 4) is 0 Å². The molecule has 0 aliphatic carbocycles. The molecule has 3 amide bonds. The summed E-state index contributed by atoms with van der Waals surface area (Å²) in [5, 5.41) is 3.74. The maximum absolute atomic E-state index is 13.3. The van der Waals surface area contributed by atoms with E-state index in [4.69, 9.17) is 4.42 Å². The van der Waals surface area contributed by atoms with Gasteiger partial charge in [-0.3, -0.25) is 9.69 Å². The van der Waals surface area contributed by atoms with Crippen LogP contribution in [-0.2, 0) is 11.2 Å². The van der Waals surface area contributed by atoms with Gasteiger partial charge in [0.15, 0.2) is 0 Å². The van der Waals surface area contributed by atoms with Crippen molar-refractivity contribution in [2.45, 2.75) is 39.2 Å². The average Bonchev–Trinajstić information content (AvgIpc) is 3.41. The van der Waals surface area contributed by atoms with Crippen LogP contribution in [0.1, 0.15) is 31.4 Å². The molecule has 4 heterocycles. The Hall–Kier alpha value is -3.95. The normalized spacial score (nSPS) is 19.5. The molecule has 36 heavy (non-hydrogen) atoms. The monoisotopic (exact) mass is 490 g/mol. The smallest absolute Gasteiger partial charge is 0.339 e. The van der Waals surface area contributed by atoms with Crippen LogP contribution in [0.2, 0.25) is 0 Å². The number of fused-ring (bicyclic) bond motifs is 1. The second-order valence-corrected chi connectivity index (χ2v) is 9.29. The maximum atomic E-state index is 13.3. The molecule has 0 bridgehead atoms. The van der Waals surface area contributed by atoms with Gasteiger partial charge in [0, 0.05) is 61.3 Å². The molecule has 10 heteroatoms. The van der Waals surface area contributed by atoms with Crippen molar-refractivity contribution in [3.05, 3.63) is 58.2 Å². The standard InChI is InChI=1S/C26H30N6O4/c1-4-30(5-2)18-7-8-19-17(3)20(22(33)36-21(19)15-18)9-13-32-23(34)26(29-25(32)35)10-14-31(16-26)24-27-11-6-12-28-24/h6-8,11-12,15H,4-5,9-10,13-14,16H2,1-3H3,(H,29,35). The van der Waals surface area contributed by atoms with Crippen LogP contribution in [0.5, 0.6) is 0 Å². The maximum Gasteiger partial charge on any atom is 0.339 e. The Bertz CT molecular complexity index is 1370. The summed E-state index contributed by atoms with van der Waals surface area (Å²) in [5.74, 6) is 0.251. The lowest BCUT2D eigenvalue weighted by Crippen LogP contribution is -2.49. The van der Waals surface area contributed by atoms with Gasteiger partial charge in [0.1, 0.15) is 11.1 Å². The Morgan fingerprint density at radius 2 is 1.89 bits per heavy atom. The molecule has 1 spiro atoms. The van der Waals surface area contributed by atoms with Crippen LogP contribution in [0.3, 0.4) is 0 Å². The van der Waals surface area contributed by atoms with Gasteiger partial charge in [-0.1, -0.05) is 0 Å². The van der Waals surface area contributed by atoms with Gasteiger partial charge < -0.3 is 19.5 Å². The molecule has 3 aromatic rings. The van der Waals surface area contributed by atoms with Crippen molar-refractivity contribution in [1.29, 1.82) is 0 Å². The zero-order valence-corrected chi connectivity index (χ0v) is 20.8. The third-order valence-electron chi connectivity index (χ3n) is 7.34. The van der Waals surface area contributed by atoms with E-state index in [-0.39, 0.29) is 18.9 Å². The number of rotatable bonds is 7. The molecule has 2 aromatic heterocycles. The summed E-state index contributed by atoms with van der Waals surface area (Å²) in [6.07, 6.45) is 3.99. The lowest BCUT2D eigenvalue weighted by molar-refractivity contribution is -0.130. The highest BCUT2D eigenvalue weighted by Crippen LogP contribution is 2.31. The number of nitrogens with one attached hydrogen (secondary N) is 1. The molecule has 0 radical (unpaired) electrons. The van der Waals surface area contributed by atoms with E-state index in [1.807, 2.05) is 30.0 Å². The minimum absolute atomic E-state index is 0.100. The van der Waals surface area contributed by atoms with E-state index in [0.29, 0.717) is 36.6 Å². The third-order valence-corrected chi connectivity index (χ3v) is 7.34. The number of hydrogen-bond donors (Lipinski definition) is 1. The number of imide groups is 1. The quantitative estimate of drug-likeness (QED) is 0.397. The fraction of sp³-hybridized carbons (Fsp3) is 0.423. The molecule has 2 saturated heterocycles. The van der Waals surface area contributed by atoms with Gasteiger partial charge in [0.2, 0.25) is 5.95 Å². The van der Waals surface area contributed by atoms with Crippen LogP contribution in [0, 0.1) is 6.92 Å². The molecule has 10 nitrogen and oxygen atoms in total. The SMILES string of the molecule is CCN(CC)c1ccc2c(C)c(CCN3C(=O)NC4(CCN(c5ncccn5)C4)C3=O)c(=O)oc2c1. The van der Waals surface area contributed by atoms with Crippen molar-refractivity contribution in [1.82, 2.24) is 20.2 Å². The lowest BCUT2D eigenvalue weighted by Gasteiger charge is -2.22. The summed E-state index contributed by atoms with van der Waals surface area (Å²) in [6.45, 7) is 8.72. The first-order valence-electron chi connectivity index (χ1n) is 12.3. The van der Waals surface area contributed by atoms with Crippen molar-refractivity contribution >= 4 is 34.5 Å². The zero-order chi connectivity index (χ0) is 25.4. The van der Waals surface area contributed by atoms with Crippen molar-refractivity contribution in [2.75, 3.05) is 42.5 Å². The van der Waals surface area contributed by atoms with Crippen molar-refractivity contribution in [2.24, 2.45) is 0 Å². The Kier molecular flexibility index (Phi) is 6.11. The molecule has 2 aliphatic heterocycles. The summed E-state index contributed by atoms with van der Waals surface area (Å²) in [5.41, 5.74) is 1.38. The first kappa shape index (κ1) is 23.8. The molecular weight excluding hydrogens is 460 g/mol. The van der Waals surface area contributed by atoms with Crippen molar-refractivity contribution in [3.63, 3.8) is 0 Å². The number of anilines is 2. The van der Waals surface area contributed by atoms with Crippen LogP contribution in [0.25, 0.3) is 11.0 Å². The lowest BCUT2D eigenvalue weighted by atomic mass is 9.98. The van der Waals surface area contributed by atoms with E-state index in [1.54, 1.807) is 18.5 Å². The van der Waals surface area contributed by atoms with Crippen LogP contribution in [-0.4, -0.2) is 65.1 Å². The van der Waals surface area contributed by atoms with Crippen molar-refractivity contribution < 1.29 is 14.0 Å². The summed E-state index contributed by atoms with van der Waals surface area (Å²) in [4.78, 5) is 52.8. The fourth-order valence-electron chi connectivity index (χ4n) is 5.27. The van der Waals surface area contributed by atoms with E-state index in [0.717, 1.165) is 29.7 Å². The molecule has 188 valence electrons. The highest BCUT2D eigenvalue weighted by molar-refractivity contribution is 6.07. The number of nitrogens with zero attached hydrogens (tertiary/aromatic N) is 5. The Morgan fingerprint density at radius 1 is 1.14 bits per heavy atom. The van der Waals surface area contributed by atoms with Gasteiger partial charge in [-0.15, -0.1) is 0 Å². The summed E-state index contributed by atoms with van der Waals surface area (Å²) < 4.78 is 5.67. The van der Waals surface area contributed by atoms with Gasteiger partial charge >= 0.3 is 11.7 Å². The molecule has 2 aliphatic rings. The number of carbonyl (C=O) groups excluding carboxylic acids is 2. The average molecular weight is 491 g/mol. The van der Waals surface area contributed by atoms with E-state index < -0.39 is 17.2 Å². The van der Waals surface area contributed by atoms with Gasteiger partial charge in [-0.2, -0.15) is 0 Å². The summed E-state index contributed by atoms with van der Waals surface area (Å²) in [7, 11) is 0. The molecule has 1 aromatic carbocycles. The number of hydrogen-bond acceptors (Lipinski definition) is 8. The van der Waals surface area contributed by atoms with Gasteiger partial charge in [-0.05, 0) is 57.4 Å². The molecular formula is C26H30N6O4. The van der Waals surface area contributed by atoms with E-state index >= 15 is 0 Å². The first-order valence-corrected chi connectivity index (χ1v) is 12.3. The number of carbonyl (C=O) groups is 2. The van der Waals surface area contributed by atoms with Crippen LogP contribution in [0.4, 0.5) is 16.4 Å². The third kappa shape index (κ3) is 3.96. The number of urea groups is 1. The molecule has 5 rings (SSSR count). The van der Waals surface area contributed by atoms with Gasteiger partial charge in [0.05, 0.1) is 6.54 Å². The molecule has 0 saturated carbocycles. The van der Waals surface area contributed by atoms with Gasteiger partial charge in [0.25, 0.3) is 5.91 Å². The number of benzene rings is 1. The fourth-order valence-corrected chi connectivity index (χ4v) is 5.27. The van der Waals surface area contributed by atoms with E-state index in [2.05, 4.69) is 34.0 Å². The van der Waals surface area contributed by atoms with Crippen LogP contribution in [0.15, 0.2) is 45.9 Å². The zero-order valence-electron chi connectivity index (χ0n) is 20.8. The first-order chi connectivity index (χ1) is 17.4. The number of aromatic nitrogens is 2. The van der Waals surface area contributed by atoms with Crippen LogP contribution < -0.4 is 20.7 Å². The van der Waals surface area contributed by atoms with E-state index in [1.165, 1.54) is 4.90 Å². The topological polar surface area (TPSA) is 112 Å². The molecule has 1 atom stereocenters. The minimum atomic E-state index is -1.000. The summed E-state index contributed by atoms with van der Waals surface area (Å²) in [6, 6.07) is 7.17. The Balaban J connectivity index is 1.34. The molecule has 1 N–H and O–H groups in total. The highest BCUT2D eigenvalue weighted by atomic mass is 16.4. The van der Waals surface area contributed by atoms with Gasteiger partial charge in [-0.25, -0.2) is 19.6 Å². The number of amides is 3. The van der Waals surface area contributed by atoms with Crippen LogP contribution >= 0.6 is 0 Å². The Morgan fingerprint density at radius 3 is 2.61 bits per heavy atom. The highest BCUT2D eigenvalue weighted by Gasteiger charge is 2.55. The predicted molar refractivity (Wildman–Crippen MR) is 136 cm³/mol.